The van der Waals surface area contributed by atoms with Gasteiger partial charge < -0.3 is 15.9 Å². The van der Waals surface area contributed by atoms with Crippen LogP contribution in [-0.2, 0) is 0 Å². The smallest absolute Gasteiger partial charge is 0.125 e. The van der Waals surface area contributed by atoms with Gasteiger partial charge in [-0.1, -0.05) is 11.6 Å². The zero-order valence-electron chi connectivity index (χ0n) is 7.69. The number of aliphatic hydroxyl groups excluding tert-OH is 2. The van der Waals surface area contributed by atoms with Gasteiger partial charge in [0, 0.05) is 11.3 Å². The Kier molecular flexibility index (Phi) is 4.21. The normalized spacial score (nSPS) is 15.0. The Morgan fingerprint density at radius 2 is 2.07 bits per heavy atom. The van der Waals surface area contributed by atoms with Gasteiger partial charge in [-0.05, 0) is 12.1 Å². The molecule has 0 saturated heterocycles. The van der Waals surface area contributed by atoms with Crippen molar-refractivity contribution in [3.8, 4) is 0 Å². The highest BCUT2D eigenvalue weighted by molar-refractivity contribution is 7.80. The number of thiol groups is 1. The molecular formula is C9H11ClFNO2S. The molecule has 15 heavy (non-hydrogen) atoms. The molecular weight excluding hydrogens is 241 g/mol. The molecule has 3 nitrogen and oxygen atoms in total. The Morgan fingerprint density at radius 3 is 2.60 bits per heavy atom. The van der Waals surface area contributed by atoms with E-state index in [1.807, 2.05) is 0 Å². The average Bonchev–Trinajstić information content (AvgIpc) is 2.21. The quantitative estimate of drug-likeness (QED) is 0.485. The van der Waals surface area contributed by atoms with Gasteiger partial charge in [0.25, 0.3) is 0 Å². The summed E-state index contributed by atoms with van der Waals surface area (Å²) in [6.45, 7) is 0. The summed E-state index contributed by atoms with van der Waals surface area (Å²) in [5.74, 6) is -0.580. The fourth-order valence-corrected chi connectivity index (χ4v) is 1.57. The van der Waals surface area contributed by atoms with Gasteiger partial charge in [-0.15, -0.1) is 0 Å². The van der Waals surface area contributed by atoms with E-state index in [0.29, 0.717) is 0 Å². The Balaban J connectivity index is 3.13. The van der Waals surface area contributed by atoms with Gasteiger partial charge in [-0.2, -0.15) is 12.6 Å². The number of benzene rings is 1. The molecule has 0 spiro atoms. The van der Waals surface area contributed by atoms with Gasteiger partial charge >= 0.3 is 0 Å². The monoisotopic (exact) mass is 251 g/mol. The first-order valence-electron chi connectivity index (χ1n) is 4.18. The third kappa shape index (κ3) is 2.75. The number of nitrogen functional groups attached to an aromatic ring is 1. The highest BCUT2D eigenvalue weighted by Gasteiger charge is 2.21. The fourth-order valence-electron chi connectivity index (χ4n) is 1.16. The van der Waals surface area contributed by atoms with Gasteiger partial charge in [0.1, 0.15) is 11.9 Å². The van der Waals surface area contributed by atoms with E-state index in [9.17, 15) is 14.6 Å². The standard InChI is InChI=1S/C9H11ClFNO2S/c10-6-2-4(11)1-5(8(6)12)9(14)7(13)3-15/h1-2,7,9,13-15H,3,12H2. The molecule has 6 heteroatoms. The minimum absolute atomic E-state index is 0.00964. The molecule has 0 saturated carbocycles. The lowest BCUT2D eigenvalue weighted by molar-refractivity contribution is 0.0340. The van der Waals surface area contributed by atoms with Crippen LogP contribution in [0, 0.1) is 5.82 Å². The molecule has 1 aromatic rings. The number of aliphatic hydroxyl groups is 2. The maximum absolute atomic E-state index is 13.0. The fraction of sp³-hybridized carbons (Fsp3) is 0.333. The van der Waals surface area contributed by atoms with Crippen LogP contribution in [0.3, 0.4) is 0 Å². The molecule has 0 bridgehead atoms. The largest absolute Gasteiger partial charge is 0.397 e. The van der Waals surface area contributed by atoms with Crippen LogP contribution in [0.15, 0.2) is 12.1 Å². The van der Waals surface area contributed by atoms with E-state index in [2.05, 4.69) is 12.6 Å². The Labute approximate surface area is 97.1 Å². The van der Waals surface area contributed by atoms with E-state index < -0.39 is 18.0 Å². The molecule has 0 aromatic heterocycles. The van der Waals surface area contributed by atoms with Crippen molar-refractivity contribution in [2.45, 2.75) is 12.2 Å². The molecule has 0 heterocycles. The van der Waals surface area contributed by atoms with Crippen LogP contribution in [0.25, 0.3) is 0 Å². The molecule has 0 aliphatic rings. The van der Waals surface area contributed by atoms with E-state index in [0.717, 1.165) is 12.1 Å². The van der Waals surface area contributed by atoms with Crippen LogP contribution in [0.4, 0.5) is 10.1 Å². The minimum Gasteiger partial charge on any atom is -0.397 e. The summed E-state index contributed by atoms with van der Waals surface area (Å²) in [7, 11) is 0. The molecule has 0 amide bonds. The minimum atomic E-state index is -1.30. The van der Waals surface area contributed by atoms with E-state index >= 15 is 0 Å². The number of rotatable bonds is 3. The summed E-state index contributed by atoms with van der Waals surface area (Å²) < 4.78 is 13.0. The topological polar surface area (TPSA) is 66.5 Å². The molecule has 0 aliphatic carbocycles. The molecule has 4 N–H and O–H groups in total. The summed E-state index contributed by atoms with van der Waals surface area (Å²) in [6, 6.07) is 2.08. The lowest BCUT2D eigenvalue weighted by atomic mass is 10.0. The third-order valence-corrected chi connectivity index (χ3v) is 2.68. The van der Waals surface area contributed by atoms with Crippen molar-refractivity contribution in [3.63, 3.8) is 0 Å². The molecule has 1 rings (SSSR count). The average molecular weight is 252 g/mol. The van der Waals surface area contributed by atoms with E-state index in [4.69, 9.17) is 17.3 Å². The zero-order valence-corrected chi connectivity index (χ0v) is 9.34. The second kappa shape index (κ2) is 5.03. The molecule has 1 aromatic carbocycles. The van der Waals surface area contributed by atoms with Crippen molar-refractivity contribution >= 4 is 29.9 Å². The number of hydrogen-bond donors (Lipinski definition) is 4. The van der Waals surface area contributed by atoms with Crippen LogP contribution in [0.5, 0.6) is 0 Å². The number of halogens is 2. The summed E-state index contributed by atoms with van der Waals surface area (Å²) in [5.41, 5.74) is 5.68. The zero-order chi connectivity index (χ0) is 11.6. The molecule has 0 radical (unpaired) electrons. The maximum Gasteiger partial charge on any atom is 0.125 e. The first-order chi connectivity index (χ1) is 6.97. The van der Waals surface area contributed by atoms with Gasteiger partial charge in [0.15, 0.2) is 0 Å². The Bertz CT molecular complexity index is 364. The number of hydrogen-bond acceptors (Lipinski definition) is 4. The van der Waals surface area contributed by atoms with Gasteiger partial charge in [-0.3, -0.25) is 0 Å². The number of nitrogens with two attached hydrogens (primary N) is 1. The van der Waals surface area contributed by atoms with Crippen molar-refractivity contribution in [3.05, 3.63) is 28.5 Å². The Morgan fingerprint density at radius 1 is 1.47 bits per heavy atom. The lowest BCUT2D eigenvalue weighted by Crippen LogP contribution is -2.21. The van der Waals surface area contributed by atoms with E-state index in [-0.39, 0.29) is 22.0 Å². The van der Waals surface area contributed by atoms with Crippen LogP contribution >= 0.6 is 24.2 Å². The molecule has 0 fully saturated rings. The molecule has 0 aliphatic heterocycles. The summed E-state index contributed by atoms with van der Waals surface area (Å²) in [6.07, 6.45) is -2.41. The molecule has 84 valence electrons. The second-order valence-electron chi connectivity index (χ2n) is 3.09. The highest BCUT2D eigenvalue weighted by Crippen LogP contribution is 2.30. The van der Waals surface area contributed by atoms with E-state index in [1.54, 1.807) is 0 Å². The summed E-state index contributed by atoms with van der Waals surface area (Å²) in [4.78, 5) is 0. The van der Waals surface area contributed by atoms with Crippen molar-refractivity contribution in [2.75, 3.05) is 11.5 Å². The third-order valence-electron chi connectivity index (χ3n) is 2.00. The molecule has 2 unspecified atom stereocenters. The maximum atomic E-state index is 13.0. The second-order valence-corrected chi connectivity index (χ2v) is 3.86. The van der Waals surface area contributed by atoms with Crippen molar-refractivity contribution in [2.24, 2.45) is 0 Å². The first kappa shape index (κ1) is 12.6. The van der Waals surface area contributed by atoms with Crippen LogP contribution in [0.1, 0.15) is 11.7 Å². The molecule has 2 atom stereocenters. The van der Waals surface area contributed by atoms with E-state index in [1.165, 1.54) is 0 Å². The number of anilines is 1. The van der Waals surface area contributed by atoms with Crippen LogP contribution in [0.2, 0.25) is 5.02 Å². The van der Waals surface area contributed by atoms with Crippen molar-refractivity contribution in [1.29, 1.82) is 0 Å². The van der Waals surface area contributed by atoms with Gasteiger partial charge in [0.2, 0.25) is 0 Å². The van der Waals surface area contributed by atoms with Crippen LogP contribution in [-0.4, -0.2) is 22.1 Å². The predicted molar refractivity (Wildman–Crippen MR) is 60.6 cm³/mol. The van der Waals surface area contributed by atoms with Crippen molar-refractivity contribution < 1.29 is 14.6 Å². The van der Waals surface area contributed by atoms with Crippen LogP contribution < -0.4 is 5.73 Å². The highest BCUT2D eigenvalue weighted by atomic mass is 35.5. The Hall–Kier alpha value is -0.490. The first-order valence-corrected chi connectivity index (χ1v) is 5.19. The summed E-state index contributed by atoms with van der Waals surface area (Å²) in [5, 5.41) is 19.0. The lowest BCUT2D eigenvalue weighted by Gasteiger charge is -2.18. The van der Waals surface area contributed by atoms with Gasteiger partial charge in [0.05, 0.1) is 16.8 Å². The van der Waals surface area contributed by atoms with Gasteiger partial charge in [-0.25, -0.2) is 4.39 Å². The van der Waals surface area contributed by atoms with Crippen molar-refractivity contribution in [1.82, 2.24) is 0 Å². The SMILES string of the molecule is Nc1c(Cl)cc(F)cc1C(O)C(O)CS. The predicted octanol–water partition coefficient (Wildman–Crippen LogP) is 1.39. The summed E-state index contributed by atoms with van der Waals surface area (Å²) >= 11 is 9.45.